The van der Waals surface area contributed by atoms with E-state index in [9.17, 15) is 0 Å². The van der Waals surface area contributed by atoms with Gasteiger partial charge >= 0.3 is 0 Å². The number of rotatable bonds is 4. The number of nitriles is 1. The molecule has 1 aliphatic rings. The van der Waals surface area contributed by atoms with Crippen LogP contribution in [-0.2, 0) is 11.3 Å². The maximum Gasteiger partial charge on any atom is 0.0991 e. The number of nitrogens with zero attached hydrogens (tertiary/aromatic N) is 1. The summed E-state index contributed by atoms with van der Waals surface area (Å²) in [6.07, 6.45) is 2.52. The van der Waals surface area contributed by atoms with Crippen LogP contribution in [0.25, 0.3) is 0 Å². The summed E-state index contributed by atoms with van der Waals surface area (Å²) in [6.45, 7) is 3.69. The molecule has 1 heterocycles. The van der Waals surface area contributed by atoms with Crippen molar-refractivity contribution in [3.63, 3.8) is 0 Å². The van der Waals surface area contributed by atoms with E-state index in [0.29, 0.717) is 18.1 Å². The average Bonchev–Trinajstić information content (AvgIpc) is 2.41. The minimum atomic E-state index is 0. The molecule has 0 bridgehead atoms. The van der Waals surface area contributed by atoms with Gasteiger partial charge in [-0.25, -0.2) is 0 Å². The molecule has 0 aromatic heterocycles. The van der Waals surface area contributed by atoms with E-state index in [1.54, 1.807) is 0 Å². The average molecular weight is 267 g/mol. The van der Waals surface area contributed by atoms with Crippen molar-refractivity contribution in [3.8, 4) is 6.07 Å². The van der Waals surface area contributed by atoms with E-state index in [4.69, 9.17) is 10.00 Å². The molecule has 3 nitrogen and oxygen atoms in total. The zero-order chi connectivity index (χ0) is 11.9. The van der Waals surface area contributed by atoms with Crippen LogP contribution in [0.15, 0.2) is 24.3 Å². The Hall–Kier alpha value is -1.08. The minimum Gasteiger partial charge on any atom is -0.376 e. The van der Waals surface area contributed by atoms with Gasteiger partial charge in [0.05, 0.1) is 24.8 Å². The third kappa shape index (κ3) is 4.66. The van der Waals surface area contributed by atoms with E-state index in [1.165, 1.54) is 12.8 Å². The van der Waals surface area contributed by atoms with Crippen molar-refractivity contribution in [2.45, 2.75) is 19.4 Å². The molecular formula is C14H19ClN2O. The highest BCUT2D eigenvalue weighted by Crippen LogP contribution is 2.11. The Bertz CT molecular complexity index is 380. The van der Waals surface area contributed by atoms with Crippen molar-refractivity contribution >= 4 is 12.4 Å². The van der Waals surface area contributed by atoms with Crippen LogP contribution >= 0.6 is 12.4 Å². The van der Waals surface area contributed by atoms with Gasteiger partial charge < -0.3 is 10.1 Å². The van der Waals surface area contributed by atoms with Crippen molar-refractivity contribution in [1.82, 2.24) is 5.32 Å². The van der Waals surface area contributed by atoms with Gasteiger partial charge in [0, 0.05) is 6.54 Å². The molecule has 0 radical (unpaired) electrons. The number of ether oxygens (including phenoxy) is 1. The predicted molar refractivity (Wildman–Crippen MR) is 73.7 cm³/mol. The van der Waals surface area contributed by atoms with E-state index in [0.717, 1.165) is 25.3 Å². The van der Waals surface area contributed by atoms with E-state index in [1.807, 2.05) is 24.3 Å². The maximum absolute atomic E-state index is 8.69. The van der Waals surface area contributed by atoms with Crippen LogP contribution in [-0.4, -0.2) is 19.7 Å². The highest BCUT2D eigenvalue weighted by Gasteiger charge is 2.12. The van der Waals surface area contributed by atoms with Gasteiger partial charge in [0.25, 0.3) is 0 Å². The second-order valence-electron chi connectivity index (χ2n) is 4.54. The molecule has 2 rings (SSSR count). The molecule has 1 aromatic rings. The van der Waals surface area contributed by atoms with Gasteiger partial charge in [-0.15, -0.1) is 12.4 Å². The molecule has 0 spiro atoms. The molecule has 1 aliphatic heterocycles. The summed E-state index contributed by atoms with van der Waals surface area (Å²) in [7, 11) is 0. The molecule has 0 saturated carbocycles. The fourth-order valence-electron chi connectivity index (χ4n) is 2.09. The third-order valence-electron chi connectivity index (χ3n) is 3.10. The smallest absolute Gasteiger partial charge is 0.0991 e. The molecule has 1 saturated heterocycles. The number of nitrogens with one attached hydrogen (secondary N) is 1. The zero-order valence-corrected chi connectivity index (χ0v) is 11.2. The second kappa shape index (κ2) is 8.10. The Balaban J connectivity index is 0.00000162. The largest absolute Gasteiger partial charge is 0.376 e. The number of halogens is 1. The molecule has 1 unspecified atom stereocenters. The Morgan fingerprint density at radius 2 is 2.11 bits per heavy atom. The second-order valence-corrected chi connectivity index (χ2v) is 4.54. The van der Waals surface area contributed by atoms with E-state index < -0.39 is 0 Å². The zero-order valence-electron chi connectivity index (χ0n) is 10.4. The molecular weight excluding hydrogens is 248 g/mol. The van der Waals surface area contributed by atoms with Gasteiger partial charge in [-0.1, -0.05) is 12.1 Å². The van der Waals surface area contributed by atoms with Crippen LogP contribution in [0.1, 0.15) is 24.0 Å². The normalized spacial score (nSPS) is 18.7. The lowest BCUT2D eigenvalue weighted by Crippen LogP contribution is -2.32. The van der Waals surface area contributed by atoms with Crippen LogP contribution in [0.3, 0.4) is 0 Å². The van der Waals surface area contributed by atoms with Crippen LogP contribution in [0.4, 0.5) is 0 Å². The van der Waals surface area contributed by atoms with Crippen molar-refractivity contribution < 1.29 is 4.74 Å². The summed E-state index contributed by atoms with van der Waals surface area (Å²) in [6, 6.07) is 9.69. The fourth-order valence-corrected chi connectivity index (χ4v) is 2.09. The summed E-state index contributed by atoms with van der Waals surface area (Å²) >= 11 is 0. The predicted octanol–water partition coefficient (Wildman–Crippen LogP) is 2.50. The van der Waals surface area contributed by atoms with Crippen LogP contribution < -0.4 is 5.32 Å². The van der Waals surface area contributed by atoms with Gasteiger partial charge in [0.15, 0.2) is 0 Å². The summed E-state index contributed by atoms with van der Waals surface area (Å²) in [5, 5.41) is 12.1. The molecule has 0 aliphatic carbocycles. The lowest BCUT2D eigenvalue weighted by Gasteiger charge is -2.22. The fraction of sp³-hybridized carbons (Fsp3) is 0.500. The van der Waals surface area contributed by atoms with Gasteiger partial charge in [0.1, 0.15) is 0 Å². The van der Waals surface area contributed by atoms with Crippen molar-refractivity contribution in [2.75, 3.05) is 19.7 Å². The molecule has 1 N–H and O–H groups in total. The highest BCUT2D eigenvalue weighted by molar-refractivity contribution is 5.85. The van der Waals surface area contributed by atoms with Gasteiger partial charge in [-0.05, 0) is 43.0 Å². The summed E-state index contributed by atoms with van der Waals surface area (Å²) in [4.78, 5) is 0. The number of benzene rings is 1. The first-order chi connectivity index (χ1) is 8.38. The summed E-state index contributed by atoms with van der Waals surface area (Å²) < 4.78 is 5.71. The molecule has 18 heavy (non-hydrogen) atoms. The van der Waals surface area contributed by atoms with Gasteiger partial charge in [-0.3, -0.25) is 0 Å². The van der Waals surface area contributed by atoms with E-state index in [2.05, 4.69) is 11.4 Å². The van der Waals surface area contributed by atoms with Crippen LogP contribution in [0, 0.1) is 17.2 Å². The monoisotopic (exact) mass is 266 g/mol. The highest BCUT2D eigenvalue weighted by atomic mass is 35.5. The van der Waals surface area contributed by atoms with Crippen molar-refractivity contribution in [1.29, 1.82) is 5.26 Å². The molecule has 4 heteroatoms. The van der Waals surface area contributed by atoms with Gasteiger partial charge in [-0.2, -0.15) is 5.26 Å². The third-order valence-corrected chi connectivity index (χ3v) is 3.10. The van der Waals surface area contributed by atoms with Crippen molar-refractivity contribution in [3.05, 3.63) is 35.4 Å². The number of hydrogen-bond donors (Lipinski definition) is 1. The molecule has 1 atom stereocenters. The lowest BCUT2D eigenvalue weighted by molar-refractivity contribution is 0.0783. The first-order valence-electron chi connectivity index (χ1n) is 6.16. The Morgan fingerprint density at radius 3 is 2.72 bits per heavy atom. The summed E-state index contributed by atoms with van der Waals surface area (Å²) in [5.74, 6) is 0.655. The van der Waals surface area contributed by atoms with E-state index in [-0.39, 0.29) is 12.4 Å². The quantitative estimate of drug-likeness (QED) is 0.911. The molecule has 0 amide bonds. The van der Waals surface area contributed by atoms with Crippen molar-refractivity contribution in [2.24, 2.45) is 5.92 Å². The Labute approximate surface area is 115 Å². The number of piperidine rings is 1. The molecule has 1 aromatic carbocycles. The Kier molecular flexibility index (Phi) is 6.74. The molecule has 98 valence electrons. The first kappa shape index (κ1) is 15.0. The topological polar surface area (TPSA) is 45.0 Å². The van der Waals surface area contributed by atoms with E-state index >= 15 is 0 Å². The Morgan fingerprint density at radius 1 is 1.33 bits per heavy atom. The first-order valence-corrected chi connectivity index (χ1v) is 6.16. The van der Waals surface area contributed by atoms with Crippen LogP contribution in [0.5, 0.6) is 0 Å². The van der Waals surface area contributed by atoms with Gasteiger partial charge in [0.2, 0.25) is 0 Å². The summed E-state index contributed by atoms with van der Waals surface area (Å²) in [5.41, 5.74) is 1.83. The minimum absolute atomic E-state index is 0. The van der Waals surface area contributed by atoms with Crippen LogP contribution in [0.2, 0.25) is 0 Å². The maximum atomic E-state index is 8.69. The SMILES string of the molecule is Cl.N#Cc1ccc(COCC2CCCNC2)cc1. The number of hydrogen-bond acceptors (Lipinski definition) is 3. The standard InChI is InChI=1S/C14H18N2O.ClH/c15-8-12-3-5-13(6-4-12)10-17-11-14-2-1-7-16-9-14;/h3-6,14,16H,1-2,7,9-11H2;1H. The molecule has 1 fully saturated rings. The lowest BCUT2D eigenvalue weighted by atomic mass is 10.0.